The second kappa shape index (κ2) is 10.3. The van der Waals surface area contributed by atoms with Gasteiger partial charge in [0.2, 0.25) is 5.89 Å². The summed E-state index contributed by atoms with van der Waals surface area (Å²) in [5, 5.41) is 11.5. The highest BCUT2D eigenvalue weighted by atomic mass is 31.2. The maximum Gasteiger partial charge on any atom is 0.471 e. The summed E-state index contributed by atoms with van der Waals surface area (Å²) in [5.41, 5.74) is 1.95. The fourth-order valence-corrected chi connectivity index (χ4v) is 4.43. The third-order valence-corrected chi connectivity index (χ3v) is 6.57. The molecule has 3 N–H and O–H groups in total. The highest BCUT2D eigenvalue weighted by molar-refractivity contribution is 7.46. The Bertz CT molecular complexity index is 1420. The molecule has 37 heavy (non-hydrogen) atoms. The third-order valence-electron chi connectivity index (χ3n) is 6.12. The van der Waals surface area contributed by atoms with E-state index in [1.54, 1.807) is 18.6 Å². The number of hydrogen-bond acceptors (Lipinski definition) is 9. The van der Waals surface area contributed by atoms with Gasteiger partial charge in [0, 0.05) is 24.8 Å². The average Bonchev–Trinajstić information content (AvgIpc) is 3.63. The van der Waals surface area contributed by atoms with Crippen LogP contribution in [0.25, 0.3) is 22.8 Å². The van der Waals surface area contributed by atoms with Gasteiger partial charge >= 0.3 is 7.82 Å². The summed E-state index contributed by atoms with van der Waals surface area (Å²) in [6.07, 6.45) is 14.8. The van der Waals surface area contributed by atoms with E-state index in [9.17, 15) is 9.36 Å². The van der Waals surface area contributed by atoms with Gasteiger partial charge in [0.05, 0.1) is 29.7 Å². The van der Waals surface area contributed by atoms with E-state index >= 15 is 0 Å². The summed E-state index contributed by atoms with van der Waals surface area (Å²) in [7, 11) is -4.64. The zero-order valence-corrected chi connectivity index (χ0v) is 20.7. The van der Waals surface area contributed by atoms with Crippen molar-refractivity contribution in [2.45, 2.75) is 45.4 Å². The Balaban J connectivity index is 1.34. The van der Waals surface area contributed by atoms with Crippen LogP contribution >= 0.6 is 7.82 Å². The minimum atomic E-state index is -4.64. The Hall–Kier alpha value is -3.71. The number of oxazole rings is 1. The molecule has 5 rings (SSSR count). The number of hydrogen-bond donors (Lipinski definition) is 3. The van der Waals surface area contributed by atoms with Crippen molar-refractivity contribution in [3.8, 4) is 22.8 Å². The number of phosphoric ester groups is 1. The van der Waals surface area contributed by atoms with Crippen LogP contribution in [-0.2, 0) is 15.8 Å². The first kappa shape index (κ1) is 25.0. The van der Waals surface area contributed by atoms with Crippen LogP contribution in [-0.4, -0.2) is 50.2 Å². The van der Waals surface area contributed by atoms with Crippen molar-refractivity contribution in [2.75, 3.05) is 5.32 Å². The number of anilines is 1. The summed E-state index contributed by atoms with van der Waals surface area (Å²) < 4.78 is 23.8. The number of phosphoric acid groups is 1. The maximum absolute atomic E-state index is 13.1. The molecule has 4 aromatic rings. The van der Waals surface area contributed by atoms with Crippen LogP contribution in [0.15, 0.2) is 47.9 Å². The minimum absolute atomic E-state index is 0.0264. The van der Waals surface area contributed by atoms with Crippen LogP contribution in [0.1, 0.15) is 49.1 Å². The van der Waals surface area contributed by atoms with Crippen LogP contribution in [0.4, 0.5) is 5.69 Å². The fraction of sp³-hybridized carbons (Fsp3) is 0.364. The molecule has 1 saturated carbocycles. The van der Waals surface area contributed by atoms with E-state index in [1.165, 1.54) is 18.7 Å². The molecule has 1 amide bonds. The van der Waals surface area contributed by atoms with Gasteiger partial charge in [-0.15, -0.1) is 0 Å². The molecular formula is C22H25N8O6P. The van der Waals surface area contributed by atoms with Gasteiger partial charge in [-0.2, -0.15) is 10.2 Å². The highest BCUT2D eigenvalue weighted by Gasteiger charge is 2.24. The Morgan fingerprint density at radius 3 is 2.76 bits per heavy atom. The SMILES string of the molecule is CC1CCC(n2cc(NC(=O)c3coc(-c4cnn(COP(=O)(O)O)c4)n3)c(-c3cnccn3)n2)CC1. The largest absolute Gasteiger partial charge is 0.471 e. The van der Waals surface area contributed by atoms with E-state index in [4.69, 9.17) is 19.3 Å². The van der Waals surface area contributed by atoms with Gasteiger partial charge in [-0.1, -0.05) is 6.92 Å². The second-order valence-electron chi connectivity index (χ2n) is 8.89. The molecule has 1 aliphatic rings. The molecule has 4 aromatic heterocycles. The minimum Gasteiger partial charge on any atom is -0.444 e. The molecule has 0 aromatic carbocycles. The van der Waals surface area contributed by atoms with Crippen molar-refractivity contribution in [2.24, 2.45) is 5.92 Å². The zero-order chi connectivity index (χ0) is 26.0. The smallest absolute Gasteiger partial charge is 0.444 e. The number of nitrogens with one attached hydrogen (secondary N) is 1. The molecule has 4 heterocycles. The average molecular weight is 528 g/mol. The normalized spacial score (nSPS) is 18.1. The quantitative estimate of drug-likeness (QED) is 0.285. The lowest BCUT2D eigenvalue weighted by atomic mass is 9.87. The standard InChI is InChI=1S/C22H25N8O6P/c1-14-2-4-16(5-3-14)30-11-18(20(28-30)17-9-23-6-7-24-17)26-21(31)19-12-35-22(27-19)15-8-25-29(10-15)13-36-37(32,33)34/h6-12,14,16H,2-5,13H2,1H3,(H,26,31)(H2,32,33,34). The van der Waals surface area contributed by atoms with E-state index in [2.05, 4.69) is 36.8 Å². The number of aromatic nitrogens is 7. The van der Waals surface area contributed by atoms with Gasteiger partial charge in [0.15, 0.2) is 12.4 Å². The van der Waals surface area contributed by atoms with Crippen LogP contribution < -0.4 is 5.32 Å². The number of carbonyl (C=O) groups is 1. The Labute approximate surface area is 211 Å². The number of carbonyl (C=O) groups excluding carboxylic acids is 1. The summed E-state index contributed by atoms with van der Waals surface area (Å²) >= 11 is 0. The van der Waals surface area contributed by atoms with Gasteiger partial charge in [-0.25, -0.2) is 14.2 Å². The molecule has 0 radical (unpaired) electrons. The summed E-state index contributed by atoms with van der Waals surface area (Å²) in [4.78, 5) is 43.4. The van der Waals surface area contributed by atoms with E-state index in [-0.39, 0.29) is 17.6 Å². The lowest BCUT2D eigenvalue weighted by Crippen LogP contribution is -2.17. The molecule has 0 spiro atoms. The van der Waals surface area contributed by atoms with Gasteiger partial charge in [-0.05, 0) is 31.6 Å². The van der Waals surface area contributed by atoms with Gasteiger partial charge in [-0.3, -0.25) is 24.0 Å². The van der Waals surface area contributed by atoms with Gasteiger partial charge in [0.25, 0.3) is 5.91 Å². The fourth-order valence-electron chi connectivity index (χ4n) is 4.16. The molecule has 1 aliphatic carbocycles. The monoisotopic (exact) mass is 528 g/mol. The number of rotatable bonds is 8. The highest BCUT2D eigenvalue weighted by Crippen LogP contribution is 2.36. The number of nitrogens with zero attached hydrogens (tertiary/aromatic N) is 7. The molecule has 0 atom stereocenters. The summed E-state index contributed by atoms with van der Waals surface area (Å²) in [6, 6.07) is 0.238. The number of amides is 1. The molecule has 0 unspecified atom stereocenters. The van der Waals surface area contributed by atoms with Crippen molar-refractivity contribution in [1.82, 2.24) is 34.5 Å². The van der Waals surface area contributed by atoms with Crippen molar-refractivity contribution in [1.29, 1.82) is 0 Å². The van der Waals surface area contributed by atoms with Crippen molar-refractivity contribution < 1.29 is 28.1 Å². The molecule has 0 aliphatic heterocycles. The Kier molecular flexibility index (Phi) is 6.98. The lowest BCUT2D eigenvalue weighted by molar-refractivity contribution is 0.102. The van der Waals surface area contributed by atoms with E-state index < -0.39 is 20.5 Å². The van der Waals surface area contributed by atoms with E-state index in [0.29, 0.717) is 28.6 Å². The Morgan fingerprint density at radius 1 is 1.22 bits per heavy atom. The van der Waals surface area contributed by atoms with Gasteiger partial charge < -0.3 is 19.5 Å². The second-order valence-corrected chi connectivity index (χ2v) is 10.1. The van der Waals surface area contributed by atoms with Crippen molar-refractivity contribution >= 4 is 19.4 Å². The van der Waals surface area contributed by atoms with E-state index in [1.807, 2.05) is 10.9 Å². The molecule has 1 fully saturated rings. The Morgan fingerprint density at radius 2 is 2.03 bits per heavy atom. The topological polar surface area (TPSA) is 183 Å². The van der Waals surface area contributed by atoms with Gasteiger partial charge in [0.1, 0.15) is 17.7 Å². The van der Waals surface area contributed by atoms with Crippen LogP contribution in [0, 0.1) is 5.92 Å². The molecular weight excluding hydrogens is 503 g/mol. The first-order valence-electron chi connectivity index (χ1n) is 11.6. The van der Waals surface area contributed by atoms with Crippen molar-refractivity contribution in [3.05, 3.63) is 49.1 Å². The molecule has 0 bridgehead atoms. The third kappa shape index (κ3) is 6.00. The van der Waals surface area contributed by atoms with Crippen LogP contribution in [0.3, 0.4) is 0 Å². The lowest BCUT2D eigenvalue weighted by Gasteiger charge is -2.26. The predicted molar refractivity (Wildman–Crippen MR) is 129 cm³/mol. The molecule has 0 saturated heterocycles. The summed E-state index contributed by atoms with van der Waals surface area (Å²) in [6.45, 7) is 1.79. The molecule has 14 nitrogen and oxygen atoms in total. The van der Waals surface area contributed by atoms with Crippen molar-refractivity contribution in [3.63, 3.8) is 0 Å². The first-order chi connectivity index (χ1) is 17.7. The maximum atomic E-state index is 13.1. The van der Waals surface area contributed by atoms with Crippen LogP contribution in [0.2, 0.25) is 0 Å². The van der Waals surface area contributed by atoms with E-state index in [0.717, 1.165) is 30.4 Å². The summed E-state index contributed by atoms with van der Waals surface area (Å²) in [5.74, 6) is 0.292. The zero-order valence-electron chi connectivity index (χ0n) is 19.8. The molecule has 194 valence electrons. The van der Waals surface area contributed by atoms with Crippen LogP contribution in [0.5, 0.6) is 0 Å². The first-order valence-corrected chi connectivity index (χ1v) is 13.1. The molecule has 15 heteroatoms. The predicted octanol–water partition coefficient (Wildman–Crippen LogP) is 3.26.